The van der Waals surface area contributed by atoms with Crippen LogP contribution in [0.1, 0.15) is 37.7 Å². The number of fused-ring (bicyclic) bond motifs is 1. The van der Waals surface area contributed by atoms with Gasteiger partial charge in [-0.15, -0.1) is 0 Å². The van der Waals surface area contributed by atoms with Crippen LogP contribution < -0.4 is 5.32 Å². The van der Waals surface area contributed by atoms with E-state index in [0.717, 1.165) is 42.1 Å². The maximum atomic E-state index is 13.4. The number of nitrogens with one attached hydrogen (secondary N) is 1. The van der Waals surface area contributed by atoms with E-state index in [9.17, 15) is 4.79 Å². The molecule has 25 heavy (non-hydrogen) atoms. The van der Waals surface area contributed by atoms with Crippen LogP contribution in [-0.2, 0) is 10.2 Å². The molecule has 0 aliphatic heterocycles. The lowest BCUT2D eigenvalue weighted by Gasteiger charge is -2.36. The SMILES string of the molecule is O=C(Nc1nccc2cccnc12)C1(c2ccccc2)CCCCC1. The Hall–Kier alpha value is -2.75. The first-order valence-electron chi connectivity index (χ1n) is 8.86. The van der Waals surface area contributed by atoms with Crippen LogP contribution in [0.4, 0.5) is 5.82 Å². The van der Waals surface area contributed by atoms with Gasteiger partial charge in [-0.05, 0) is 30.5 Å². The molecule has 1 saturated carbocycles. The average Bonchev–Trinajstić information content (AvgIpc) is 2.69. The molecule has 4 heteroatoms. The van der Waals surface area contributed by atoms with Crippen LogP contribution in [-0.4, -0.2) is 15.9 Å². The van der Waals surface area contributed by atoms with Gasteiger partial charge in [-0.25, -0.2) is 4.98 Å². The minimum absolute atomic E-state index is 0.0315. The molecule has 0 bridgehead atoms. The lowest BCUT2D eigenvalue weighted by Crippen LogP contribution is -2.42. The van der Waals surface area contributed by atoms with E-state index in [1.807, 2.05) is 36.4 Å². The summed E-state index contributed by atoms with van der Waals surface area (Å²) in [6, 6.07) is 15.9. The molecule has 2 heterocycles. The molecule has 1 aromatic carbocycles. The molecule has 1 aliphatic rings. The molecule has 1 aliphatic carbocycles. The van der Waals surface area contributed by atoms with Crippen molar-refractivity contribution in [2.24, 2.45) is 0 Å². The van der Waals surface area contributed by atoms with Crippen molar-refractivity contribution in [2.75, 3.05) is 5.32 Å². The molecule has 126 valence electrons. The van der Waals surface area contributed by atoms with Crippen LogP contribution in [0.2, 0.25) is 0 Å². The van der Waals surface area contributed by atoms with Crippen molar-refractivity contribution in [1.82, 2.24) is 9.97 Å². The Morgan fingerprint density at radius 1 is 0.880 bits per heavy atom. The van der Waals surface area contributed by atoms with Crippen molar-refractivity contribution in [3.8, 4) is 0 Å². The van der Waals surface area contributed by atoms with Gasteiger partial charge in [0.2, 0.25) is 5.91 Å². The van der Waals surface area contributed by atoms with Crippen molar-refractivity contribution in [1.29, 1.82) is 0 Å². The highest BCUT2D eigenvalue weighted by molar-refractivity contribution is 6.03. The number of anilines is 1. The van der Waals surface area contributed by atoms with Gasteiger partial charge in [0, 0.05) is 17.8 Å². The molecule has 3 aromatic rings. The van der Waals surface area contributed by atoms with E-state index in [0.29, 0.717) is 5.82 Å². The quantitative estimate of drug-likeness (QED) is 0.770. The van der Waals surface area contributed by atoms with E-state index in [2.05, 4.69) is 27.4 Å². The molecule has 4 nitrogen and oxygen atoms in total. The number of benzene rings is 1. The minimum atomic E-state index is -0.474. The topological polar surface area (TPSA) is 54.9 Å². The summed E-state index contributed by atoms with van der Waals surface area (Å²) >= 11 is 0. The Balaban J connectivity index is 1.72. The highest BCUT2D eigenvalue weighted by Crippen LogP contribution is 2.40. The van der Waals surface area contributed by atoms with E-state index in [1.165, 1.54) is 6.42 Å². The second-order valence-electron chi connectivity index (χ2n) is 6.70. The Morgan fingerprint density at radius 3 is 2.48 bits per heavy atom. The number of rotatable bonds is 3. The molecule has 1 amide bonds. The minimum Gasteiger partial charge on any atom is -0.308 e. The highest BCUT2D eigenvalue weighted by atomic mass is 16.2. The van der Waals surface area contributed by atoms with Crippen LogP contribution in [0.15, 0.2) is 60.9 Å². The third-order valence-corrected chi connectivity index (χ3v) is 5.22. The van der Waals surface area contributed by atoms with Gasteiger partial charge in [-0.2, -0.15) is 0 Å². The summed E-state index contributed by atoms with van der Waals surface area (Å²) in [6.07, 6.45) is 8.54. The van der Waals surface area contributed by atoms with Gasteiger partial charge in [-0.3, -0.25) is 9.78 Å². The van der Waals surface area contributed by atoms with E-state index in [4.69, 9.17) is 0 Å². The molecule has 4 rings (SSSR count). The normalized spacial score (nSPS) is 16.5. The first-order chi connectivity index (χ1) is 12.3. The monoisotopic (exact) mass is 331 g/mol. The highest BCUT2D eigenvalue weighted by Gasteiger charge is 2.41. The number of carbonyl (C=O) groups is 1. The summed E-state index contributed by atoms with van der Waals surface area (Å²) in [5, 5.41) is 4.06. The zero-order valence-corrected chi connectivity index (χ0v) is 14.1. The molecule has 0 unspecified atom stereocenters. The molecular formula is C21H21N3O. The molecule has 0 radical (unpaired) electrons. The fourth-order valence-corrected chi connectivity index (χ4v) is 3.88. The lowest BCUT2D eigenvalue weighted by atomic mass is 9.68. The van der Waals surface area contributed by atoms with Gasteiger partial charge in [0.05, 0.1) is 5.41 Å². The van der Waals surface area contributed by atoms with Gasteiger partial charge in [-0.1, -0.05) is 55.7 Å². The van der Waals surface area contributed by atoms with Crippen molar-refractivity contribution in [2.45, 2.75) is 37.5 Å². The summed E-state index contributed by atoms with van der Waals surface area (Å²) < 4.78 is 0. The van der Waals surface area contributed by atoms with E-state index in [-0.39, 0.29) is 5.91 Å². The van der Waals surface area contributed by atoms with Crippen molar-refractivity contribution in [3.05, 3.63) is 66.5 Å². The number of nitrogens with zero attached hydrogens (tertiary/aromatic N) is 2. The molecule has 1 N–H and O–H groups in total. The van der Waals surface area contributed by atoms with Crippen molar-refractivity contribution < 1.29 is 4.79 Å². The summed E-state index contributed by atoms with van der Waals surface area (Å²) in [7, 11) is 0. The van der Waals surface area contributed by atoms with Gasteiger partial charge in [0.1, 0.15) is 5.52 Å². The van der Waals surface area contributed by atoms with Crippen LogP contribution in [0.25, 0.3) is 10.9 Å². The maximum absolute atomic E-state index is 13.4. The van der Waals surface area contributed by atoms with E-state index in [1.54, 1.807) is 12.4 Å². The van der Waals surface area contributed by atoms with Crippen LogP contribution in [0.5, 0.6) is 0 Å². The first kappa shape index (κ1) is 15.8. The van der Waals surface area contributed by atoms with E-state index >= 15 is 0 Å². The first-order valence-corrected chi connectivity index (χ1v) is 8.86. The third-order valence-electron chi connectivity index (χ3n) is 5.22. The molecule has 2 aromatic heterocycles. The van der Waals surface area contributed by atoms with Gasteiger partial charge in [0.15, 0.2) is 5.82 Å². The van der Waals surface area contributed by atoms with Crippen LogP contribution in [0.3, 0.4) is 0 Å². The molecule has 1 fully saturated rings. The fourth-order valence-electron chi connectivity index (χ4n) is 3.88. The number of hydrogen-bond donors (Lipinski definition) is 1. The van der Waals surface area contributed by atoms with Gasteiger partial charge >= 0.3 is 0 Å². The largest absolute Gasteiger partial charge is 0.308 e. The van der Waals surface area contributed by atoms with Crippen LogP contribution in [0, 0.1) is 0 Å². The third kappa shape index (κ3) is 2.88. The average molecular weight is 331 g/mol. The molecule has 0 atom stereocenters. The molecule has 0 saturated heterocycles. The Bertz CT molecular complexity index is 881. The second-order valence-corrected chi connectivity index (χ2v) is 6.70. The Kier molecular flexibility index (Phi) is 4.18. The zero-order chi connectivity index (χ0) is 17.1. The summed E-state index contributed by atoms with van der Waals surface area (Å²) in [6.45, 7) is 0. The Labute approximate surface area is 147 Å². The zero-order valence-electron chi connectivity index (χ0n) is 14.1. The maximum Gasteiger partial charge on any atom is 0.236 e. The number of aromatic nitrogens is 2. The smallest absolute Gasteiger partial charge is 0.236 e. The standard InChI is InChI=1S/C21H21N3O/c25-20(24-19-18-16(11-15-23-19)8-7-14-22-18)21(12-5-2-6-13-21)17-9-3-1-4-10-17/h1,3-4,7-11,14-15H,2,5-6,12-13H2,(H,23,24,25). The molecular weight excluding hydrogens is 310 g/mol. The summed E-state index contributed by atoms with van der Waals surface area (Å²) in [5.74, 6) is 0.577. The van der Waals surface area contributed by atoms with E-state index < -0.39 is 5.41 Å². The van der Waals surface area contributed by atoms with Crippen molar-refractivity contribution >= 4 is 22.6 Å². The predicted octanol–water partition coefficient (Wildman–Crippen LogP) is 4.47. The Morgan fingerprint density at radius 2 is 1.68 bits per heavy atom. The molecule has 0 spiro atoms. The van der Waals surface area contributed by atoms with Gasteiger partial charge < -0.3 is 5.32 Å². The number of hydrogen-bond acceptors (Lipinski definition) is 3. The predicted molar refractivity (Wildman–Crippen MR) is 99.4 cm³/mol. The summed E-state index contributed by atoms with van der Waals surface area (Å²) in [5.41, 5.74) is 1.36. The van der Waals surface area contributed by atoms with Gasteiger partial charge in [0.25, 0.3) is 0 Å². The lowest BCUT2D eigenvalue weighted by molar-refractivity contribution is -0.122. The van der Waals surface area contributed by atoms with Crippen LogP contribution >= 0.6 is 0 Å². The van der Waals surface area contributed by atoms with Crippen molar-refractivity contribution in [3.63, 3.8) is 0 Å². The summed E-state index contributed by atoms with van der Waals surface area (Å²) in [4.78, 5) is 22.1. The fraction of sp³-hybridized carbons (Fsp3) is 0.286. The second kappa shape index (κ2) is 6.63. The number of carbonyl (C=O) groups excluding carboxylic acids is 1. The number of amides is 1. The number of pyridine rings is 2.